The van der Waals surface area contributed by atoms with E-state index in [2.05, 4.69) is 10.6 Å². The number of carboxylic acids is 1. The molecule has 3 N–H and O–H groups in total. The molecule has 0 fully saturated rings. The topological polar surface area (TPSA) is 78.4 Å². The SMILES string of the molecule is O=C(O)/C=C/NCC(=O)NCc1ccccc1. The number of carbonyl (C=O) groups is 2. The highest BCUT2D eigenvalue weighted by Gasteiger charge is 1.98. The summed E-state index contributed by atoms with van der Waals surface area (Å²) in [5.41, 5.74) is 1.02. The highest BCUT2D eigenvalue weighted by atomic mass is 16.4. The van der Waals surface area contributed by atoms with Crippen molar-refractivity contribution in [2.75, 3.05) is 6.54 Å². The van der Waals surface area contributed by atoms with E-state index in [0.717, 1.165) is 11.6 Å². The lowest BCUT2D eigenvalue weighted by Crippen LogP contribution is -2.31. The minimum atomic E-state index is -1.05. The zero-order valence-corrected chi connectivity index (χ0v) is 9.22. The first-order chi connectivity index (χ1) is 8.18. The Kier molecular flexibility index (Phi) is 5.30. The molecule has 0 spiro atoms. The van der Waals surface area contributed by atoms with Gasteiger partial charge in [0.2, 0.25) is 5.91 Å². The number of amides is 1. The molecule has 0 aromatic heterocycles. The molecule has 1 aromatic rings. The second-order valence-electron chi connectivity index (χ2n) is 3.31. The third-order valence-electron chi connectivity index (χ3n) is 1.94. The normalized spacial score (nSPS) is 10.1. The van der Waals surface area contributed by atoms with Crippen LogP contribution in [0.4, 0.5) is 0 Å². The van der Waals surface area contributed by atoms with Crippen molar-refractivity contribution in [2.45, 2.75) is 6.54 Å². The third kappa shape index (κ3) is 5.99. The Morgan fingerprint density at radius 3 is 2.59 bits per heavy atom. The van der Waals surface area contributed by atoms with Gasteiger partial charge in [0.25, 0.3) is 0 Å². The van der Waals surface area contributed by atoms with Gasteiger partial charge in [-0.3, -0.25) is 4.79 Å². The van der Waals surface area contributed by atoms with Crippen molar-refractivity contribution in [2.24, 2.45) is 0 Å². The van der Waals surface area contributed by atoms with Gasteiger partial charge in [-0.1, -0.05) is 30.3 Å². The van der Waals surface area contributed by atoms with Crippen molar-refractivity contribution in [3.63, 3.8) is 0 Å². The molecule has 90 valence electrons. The Morgan fingerprint density at radius 2 is 1.94 bits per heavy atom. The first kappa shape index (κ1) is 12.8. The molecule has 0 aliphatic heterocycles. The van der Waals surface area contributed by atoms with Crippen molar-refractivity contribution < 1.29 is 14.7 Å². The maximum absolute atomic E-state index is 11.3. The van der Waals surface area contributed by atoms with Gasteiger partial charge in [0.1, 0.15) is 0 Å². The largest absolute Gasteiger partial charge is 0.478 e. The van der Waals surface area contributed by atoms with E-state index in [0.29, 0.717) is 6.54 Å². The molecule has 1 aromatic carbocycles. The lowest BCUT2D eigenvalue weighted by Gasteiger charge is -2.04. The minimum Gasteiger partial charge on any atom is -0.478 e. The Hall–Kier alpha value is -2.30. The van der Waals surface area contributed by atoms with Crippen LogP contribution in [-0.2, 0) is 16.1 Å². The maximum atomic E-state index is 11.3. The van der Waals surface area contributed by atoms with Gasteiger partial charge in [0.05, 0.1) is 6.54 Å². The molecule has 5 nitrogen and oxygen atoms in total. The molecule has 0 atom stereocenters. The summed E-state index contributed by atoms with van der Waals surface area (Å²) < 4.78 is 0. The van der Waals surface area contributed by atoms with Crippen molar-refractivity contribution in [3.8, 4) is 0 Å². The van der Waals surface area contributed by atoms with Gasteiger partial charge >= 0.3 is 5.97 Å². The molecule has 0 unspecified atom stereocenters. The van der Waals surface area contributed by atoms with Crippen LogP contribution in [0.15, 0.2) is 42.6 Å². The van der Waals surface area contributed by atoms with E-state index in [9.17, 15) is 9.59 Å². The molecule has 1 rings (SSSR count). The number of carbonyl (C=O) groups excluding carboxylic acids is 1. The number of hydrogen-bond acceptors (Lipinski definition) is 3. The van der Waals surface area contributed by atoms with E-state index in [1.54, 1.807) is 0 Å². The average molecular weight is 234 g/mol. The molecule has 5 heteroatoms. The molecule has 0 radical (unpaired) electrons. The summed E-state index contributed by atoms with van der Waals surface area (Å²) >= 11 is 0. The monoisotopic (exact) mass is 234 g/mol. The summed E-state index contributed by atoms with van der Waals surface area (Å²) in [5.74, 6) is -1.24. The number of hydrogen-bond donors (Lipinski definition) is 3. The van der Waals surface area contributed by atoms with Crippen LogP contribution in [0.2, 0.25) is 0 Å². The summed E-state index contributed by atoms with van der Waals surface area (Å²) in [6, 6.07) is 9.53. The first-order valence-corrected chi connectivity index (χ1v) is 5.12. The molecule has 0 aliphatic rings. The maximum Gasteiger partial charge on any atom is 0.329 e. The summed E-state index contributed by atoms with van der Waals surface area (Å²) in [6.07, 6.45) is 2.16. The third-order valence-corrected chi connectivity index (χ3v) is 1.94. The summed E-state index contributed by atoms with van der Waals surface area (Å²) in [4.78, 5) is 21.4. The summed E-state index contributed by atoms with van der Waals surface area (Å²) in [7, 11) is 0. The van der Waals surface area contributed by atoms with Crippen LogP contribution in [0.25, 0.3) is 0 Å². The van der Waals surface area contributed by atoms with Crippen LogP contribution < -0.4 is 10.6 Å². The van der Waals surface area contributed by atoms with Crippen LogP contribution >= 0.6 is 0 Å². The molecule has 0 heterocycles. The minimum absolute atomic E-state index is 0.0522. The number of carboxylic acid groups (broad SMARTS) is 1. The van der Waals surface area contributed by atoms with Gasteiger partial charge < -0.3 is 15.7 Å². The fourth-order valence-electron chi connectivity index (χ4n) is 1.14. The van der Waals surface area contributed by atoms with E-state index in [1.165, 1.54) is 6.20 Å². The molecule has 0 aliphatic carbocycles. The van der Waals surface area contributed by atoms with Crippen LogP contribution in [0.5, 0.6) is 0 Å². The first-order valence-electron chi connectivity index (χ1n) is 5.12. The van der Waals surface area contributed by atoms with E-state index in [4.69, 9.17) is 5.11 Å². The average Bonchev–Trinajstić information content (AvgIpc) is 2.33. The second kappa shape index (κ2) is 7.05. The van der Waals surface area contributed by atoms with Gasteiger partial charge in [0, 0.05) is 18.8 Å². The predicted octanol–water partition coefficient (Wildman–Crippen LogP) is 0.491. The molecular formula is C12H14N2O3. The zero-order chi connectivity index (χ0) is 12.5. The van der Waals surface area contributed by atoms with Gasteiger partial charge in [0.15, 0.2) is 0 Å². The fourth-order valence-corrected chi connectivity index (χ4v) is 1.14. The van der Waals surface area contributed by atoms with Crippen LogP contribution in [-0.4, -0.2) is 23.5 Å². The highest BCUT2D eigenvalue weighted by Crippen LogP contribution is 1.96. The van der Waals surface area contributed by atoms with E-state index >= 15 is 0 Å². The van der Waals surface area contributed by atoms with E-state index in [-0.39, 0.29) is 12.5 Å². The second-order valence-corrected chi connectivity index (χ2v) is 3.31. The molecular weight excluding hydrogens is 220 g/mol. The van der Waals surface area contributed by atoms with Gasteiger partial charge in [-0.2, -0.15) is 0 Å². The molecule has 0 saturated heterocycles. The number of nitrogens with one attached hydrogen (secondary N) is 2. The molecule has 1 amide bonds. The number of aliphatic carboxylic acids is 1. The van der Waals surface area contributed by atoms with E-state index < -0.39 is 5.97 Å². The summed E-state index contributed by atoms with van der Waals surface area (Å²) in [6.45, 7) is 0.514. The van der Waals surface area contributed by atoms with Crippen molar-refractivity contribution in [1.82, 2.24) is 10.6 Å². The standard InChI is InChI=1S/C12H14N2O3/c15-11(9-13-7-6-12(16)17)14-8-10-4-2-1-3-5-10/h1-7,13H,8-9H2,(H,14,15)(H,16,17)/b7-6+. The Bertz CT molecular complexity index is 401. The molecule has 0 bridgehead atoms. The van der Waals surface area contributed by atoms with Gasteiger partial charge in [-0.15, -0.1) is 0 Å². The number of benzene rings is 1. The lowest BCUT2D eigenvalue weighted by atomic mass is 10.2. The predicted molar refractivity (Wildman–Crippen MR) is 63.1 cm³/mol. The summed E-state index contributed by atoms with van der Waals surface area (Å²) in [5, 5.41) is 13.6. The van der Waals surface area contributed by atoms with Crippen molar-refractivity contribution >= 4 is 11.9 Å². The van der Waals surface area contributed by atoms with Gasteiger partial charge in [-0.25, -0.2) is 4.79 Å². The number of rotatable bonds is 6. The van der Waals surface area contributed by atoms with Crippen molar-refractivity contribution in [1.29, 1.82) is 0 Å². The quantitative estimate of drug-likeness (QED) is 0.626. The van der Waals surface area contributed by atoms with Crippen molar-refractivity contribution in [3.05, 3.63) is 48.2 Å². The van der Waals surface area contributed by atoms with Crippen LogP contribution in [0.3, 0.4) is 0 Å². The highest BCUT2D eigenvalue weighted by molar-refractivity contribution is 5.80. The van der Waals surface area contributed by atoms with Gasteiger partial charge in [-0.05, 0) is 5.56 Å². The van der Waals surface area contributed by atoms with E-state index in [1.807, 2.05) is 30.3 Å². The fraction of sp³-hybridized carbons (Fsp3) is 0.167. The molecule has 17 heavy (non-hydrogen) atoms. The lowest BCUT2D eigenvalue weighted by molar-refractivity contribution is -0.131. The zero-order valence-electron chi connectivity index (χ0n) is 9.22. The Balaban J connectivity index is 2.20. The molecule has 0 saturated carbocycles. The van der Waals surface area contributed by atoms with Crippen LogP contribution in [0.1, 0.15) is 5.56 Å². The smallest absolute Gasteiger partial charge is 0.329 e. The Labute approximate surface area is 99.1 Å². The Morgan fingerprint density at radius 1 is 1.24 bits per heavy atom. The van der Waals surface area contributed by atoms with Crippen LogP contribution in [0, 0.1) is 0 Å².